The standard InChI is InChI=1S/C20H22N6O3S2/c1-2-23-31(28,29)15-10-8-14(9-11-15)24-19(27)18(13-6-4-3-5-7-13)30-20-25-16(21)12-17(22)26-20/h3-12,18,23H,2H2,1H3,(H,24,27)(H4,21,22,25,26)/t18-/m0/s1. The summed E-state index contributed by atoms with van der Waals surface area (Å²) in [5.74, 6) is 0.0856. The summed E-state index contributed by atoms with van der Waals surface area (Å²) in [6.07, 6.45) is 0. The van der Waals surface area contributed by atoms with Crippen LogP contribution in [-0.2, 0) is 14.8 Å². The van der Waals surface area contributed by atoms with E-state index in [0.29, 0.717) is 5.69 Å². The monoisotopic (exact) mass is 458 g/mol. The number of carbonyl (C=O) groups excluding carboxylic acids is 1. The normalized spacial score (nSPS) is 12.3. The van der Waals surface area contributed by atoms with Crippen LogP contribution in [0.3, 0.4) is 0 Å². The highest BCUT2D eigenvalue weighted by molar-refractivity contribution is 8.00. The van der Waals surface area contributed by atoms with Crippen molar-refractivity contribution in [1.29, 1.82) is 0 Å². The van der Waals surface area contributed by atoms with E-state index in [-0.39, 0.29) is 34.1 Å². The Morgan fingerprint density at radius 1 is 1.03 bits per heavy atom. The minimum Gasteiger partial charge on any atom is -0.383 e. The Morgan fingerprint density at radius 3 is 2.23 bits per heavy atom. The molecule has 0 unspecified atom stereocenters. The fraction of sp³-hybridized carbons (Fsp3) is 0.150. The summed E-state index contributed by atoms with van der Waals surface area (Å²) in [6, 6.07) is 16.5. The van der Waals surface area contributed by atoms with Gasteiger partial charge in [0.05, 0.1) is 4.90 Å². The maximum atomic E-state index is 13.1. The Balaban J connectivity index is 1.83. The molecule has 9 nitrogen and oxygen atoms in total. The van der Waals surface area contributed by atoms with Crippen molar-refractivity contribution < 1.29 is 13.2 Å². The molecule has 162 valence electrons. The van der Waals surface area contributed by atoms with Gasteiger partial charge in [-0.3, -0.25) is 4.79 Å². The van der Waals surface area contributed by atoms with Crippen LogP contribution in [0.1, 0.15) is 17.7 Å². The summed E-state index contributed by atoms with van der Waals surface area (Å²) in [6.45, 7) is 1.98. The fourth-order valence-corrected chi connectivity index (χ4v) is 4.75. The number of nitrogens with two attached hydrogens (primary N) is 2. The molecule has 3 aromatic rings. The maximum absolute atomic E-state index is 13.1. The molecule has 1 atom stereocenters. The Hall–Kier alpha value is -3.15. The first-order valence-electron chi connectivity index (χ1n) is 9.30. The van der Waals surface area contributed by atoms with Crippen LogP contribution in [0.2, 0.25) is 0 Å². The number of hydrogen-bond acceptors (Lipinski definition) is 8. The third-order valence-corrected chi connectivity index (χ3v) is 6.75. The highest BCUT2D eigenvalue weighted by Crippen LogP contribution is 2.35. The van der Waals surface area contributed by atoms with Crippen LogP contribution < -0.4 is 21.5 Å². The highest BCUT2D eigenvalue weighted by Gasteiger charge is 2.24. The third-order valence-electron chi connectivity index (χ3n) is 4.08. The van der Waals surface area contributed by atoms with Gasteiger partial charge in [0.2, 0.25) is 15.9 Å². The summed E-state index contributed by atoms with van der Waals surface area (Å²) in [5.41, 5.74) is 12.7. The SMILES string of the molecule is CCNS(=O)(=O)c1ccc(NC(=O)[C@@H](Sc2nc(N)cc(N)n2)c2ccccc2)cc1. The summed E-state index contributed by atoms with van der Waals surface area (Å²) in [7, 11) is -3.57. The molecule has 3 rings (SSSR count). The zero-order valence-corrected chi connectivity index (χ0v) is 18.3. The molecule has 11 heteroatoms. The molecule has 1 heterocycles. The lowest BCUT2D eigenvalue weighted by Crippen LogP contribution is -2.23. The average molecular weight is 459 g/mol. The van der Waals surface area contributed by atoms with E-state index < -0.39 is 15.3 Å². The number of hydrogen-bond donors (Lipinski definition) is 4. The van der Waals surface area contributed by atoms with E-state index in [1.54, 1.807) is 6.92 Å². The minimum atomic E-state index is -3.57. The quantitative estimate of drug-likeness (QED) is 0.296. The molecular weight excluding hydrogens is 436 g/mol. The highest BCUT2D eigenvalue weighted by atomic mass is 32.2. The molecule has 1 aromatic heterocycles. The van der Waals surface area contributed by atoms with Crippen LogP contribution in [0.25, 0.3) is 0 Å². The van der Waals surface area contributed by atoms with E-state index >= 15 is 0 Å². The number of anilines is 3. The van der Waals surface area contributed by atoms with Crippen molar-refractivity contribution in [3.8, 4) is 0 Å². The number of nitrogens with zero attached hydrogens (tertiary/aromatic N) is 2. The van der Waals surface area contributed by atoms with Gasteiger partial charge in [-0.25, -0.2) is 23.1 Å². The molecule has 1 amide bonds. The second-order valence-corrected chi connectivity index (χ2v) is 9.26. The molecule has 0 bridgehead atoms. The van der Waals surface area contributed by atoms with E-state index in [2.05, 4.69) is 20.0 Å². The Morgan fingerprint density at radius 2 is 1.65 bits per heavy atom. The van der Waals surface area contributed by atoms with Crippen LogP contribution in [0.15, 0.2) is 70.7 Å². The second-order valence-electron chi connectivity index (χ2n) is 6.42. The molecule has 6 N–H and O–H groups in total. The predicted octanol–water partition coefficient (Wildman–Crippen LogP) is 2.41. The molecule has 0 saturated carbocycles. The van der Waals surface area contributed by atoms with E-state index in [1.807, 2.05) is 30.3 Å². The van der Waals surface area contributed by atoms with Gasteiger partial charge in [0.25, 0.3) is 0 Å². The van der Waals surface area contributed by atoms with Crippen molar-refractivity contribution in [1.82, 2.24) is 14.7 Å². The number of thioether (sulfide) groups is 1. The molecule has 0 saturated heterocycles. The van der Waals surface area contributed by atoms with Gasteiger partial charge in [0, 0.05) is 18.3 Å². The number of benzene rings is 2. The number of nitrogens with one attached hydrogen (secondary N) is 2. The van der Waals surface area contributed by atoms with Crippen LogP contribution in [-0.4, -0.2) is 30.8 Å². The molecule has 0 aliphatic heterocycles. The Bertz CT molecular complexity index is 1140. The second kappa shape index (κ2) is 9.77. The number of amides is 1. The van der Waals surface area contributed by atoms with Gasteiger partial charge in [-0.2, -0.15) is 0 Å². The first-order valence-corrected chi connectivity index (χ1v) is 11.7. The lowest BCUT2D eigenvalue weighted by molar-refractivity contribution is -0.115. The lowest BCUT2D eigenvalue weighted by atomic mass is 10.1. The van der Waals surface area contributed by atoms with Gasteiger partial charge in [-0.05, 0) is 29.8 Å². The predicted molar refractivity (Wildman–Crippen MR) is 122 cm³/mol. The summed E-state index contributed by atoms with van der Waals surface area (Å²) >= 11 is 1.11. The largest absolute Gasteiger partial charge is 0.383 e. The van der Waals surface area contributed by atoms with Crippen LogP contribution >= 0.6 is 11.8 Å². The van der Waals surface area contributed by atoms with E-state index in [4.69, 9.17) is 11.5 Å². The molecule has 31 heavy (non-hydrogen) atoms. The van der Waals surface area contributed by atoms with Crippen LogP contribution in [0.4, 0.5) is 17.3 Å². The van der Waals surface area contributed by atoms with Gasteiger partial charge in [-0.1, -0.05) is 49.0 Å². The van der Waals surface area contributed by atoms with Crippen LogP contribution in [0, 0.1) is 0 Å². The molecule has 0 aliphatic carbocycles. The van der Waals surface area contributed by atoms with Crippen molar-refractivity contribution in [2.75, 3.05) is 23.3 Å². The maximum Gasteiger partial charge on any atom is 0.242 e. The van der Waals surface area contributed by atoms with Gasteiger partial charge >= 0.3 is 0 Å². The number of nitrogen functional groups attached to an aromatic ring is 2. The fourth-order valence-electron chi connectivity index (χ4n) is 2.72. The number of aromatic nitrogens is 2. The van der Waals surface area contributed by atoms with Gasteiger partial charge < -0.3 is 16.8 Å². The van der Waals surface area contributed by atoms with Gasteiger partial charge in [0.15, 0.2) is 5.16 Å². The summed E-state index contributed by atoms with van der Waals surface area (Å²) < 4.78 is 26.6. The number of rotatable bonds is 8. The third kappa shape index (κ3) is 5.94. The average Bonchev–Trinajstić information content (AvgIpc) is 2.72. The van der Waals surface area contributed by atoms with Gasteiger partial charge in [0.1, 0.15) is 16.9 Å². The molecule has 0 radical (unpaired) electrons. The Kier molecular flexibility index (Phi) is 7.10. The summed E-state index contributed by atoms with van der Waals surface area (Å²) in [4.78, 5) is 21.5. The van der Waals surface area contributed by atoms with E-state index in [9.17, 15) is 13.2 Å². The van der Waals surface area contributed by atoms with Crippen molar-refractivity contribution in [2.24, 2.45) is 0 Å². The van der Waals surface area contributed by atoms with Gasteiger partial charge in [-0.15, -0.1) is 0 Å². The first kappa shape index (κ1) is 22.5. The number of sulfonamides is 1. The zero-order chi connectivity index (χ0) is 22.4. The van der Waals surface area contributed by atoms with Crippen LogP contribution in [0.5, 0.6) is 0 Å². The molecular formula is C20H22N6O3S2. The molecule has 0 spiro atoms. The van der Waals surface area contributed by atoms with Crippen molar-refractivity contribution in [3.63, 3.8) is 0 Å². The van der Waals surface area contributed by atoms with Crippen molar-refractivity contribution >= 4 is 45.0 Å². The number of carbonyl (C=O) groups is 1. The molecule has 2 aromatic carbocycles. The topological polar surface area (TPSA) is 153 Å². The van der Waals surface area contributed by atoms with Crippen molar-refractivity contribution in [3.05, 3.63) is 66.2 Å². The van der Waals surface area contributed by atoms with Crippen molar-refractivity contribution in [2.45, 2.75) is 22.2 Å². The summed E-state index contributed by atoms with van der Waals surface area (Å²) in [5, 5.41) is 2.39. The smallest absolute Gasteiger partial charge is 0.242 e. The molecule has 0 fully saturated rings. The lowest BCUT2D eigenvalue weighted by Gasteiger charge is -2.17. The Labute approximate surface area is 184 Å². The molecule has 0 aliphatic rings. The first-order chi connectivity index (χ1) is 14.8. The minimum absolute atomic E-state index is 0.116. The van der Waals surface area contributed by atoms with E-state index in [0.717, 1.165) is 17.3 Å². The van der Waals surface area contributed by atoms with E-state index in [1.165, 1.54) is 30.3 Å². The zero-order valence-electron chi connectivity index (χ0n) is 16.6.